The van der Waals surface area contributed by atoms with Gasteiger partial charge in [0.25, 0.3) is 0 Å². The standard InChI is InChI=1S/C16H16BrFO3/c1-20-11-6-7-12(17)10(8-11)9-14(19)16-13(18)4-3-5-15(16)21-2/h3-8,14,19H,9H2,1-2H3. The number of hydrogen-bond acceptors (Lipinski definition) is 3. The van der Waals surface area contributed by atoms with Crippen molar-refractivity contribution in [1.82, 2.24) is 0 Å². The quantitative estimate of drug-likeness (QED) is 0.885. The zero-order valence-corrected chi connectivity index (χ0v) is 13.4. The minimum absolute atomic E-state index is 0.162. The largest absolute Gasteiger partial charge is 0.497 e. The molecule has 0 aromatic heterocycles. The van der Waals surface area contributed by atoms with Gasteiger partial charge in [0.15, 0.2) is 0 Å². The average Bonchev–Trinajstić information content (AvgIpc) is 2.48. The first-order valence-corrected chi connectivity index (χ1v) is 7.19. The van der Waals surface area contributed by atoms with Crippen LogP contribution in [0.4, 0.5) is 4.39 Å². The van der Waals surface area contributed by atoms with Crippen molar-refractivity contribution in [3.8, 4) is 11.5 Å². The molecular weight excluding hydrogens is 339 g/mol. The predicted molar refractivity (Wildman–Crippen MR) is 82.3 cm³/mol. The van der Waals surface area contributed by atoms with Crippen LogP contribution in [0.3, 0.4) is 0 Å². The van der Waals surface area contributed by atoms with E-state index in [2.05, 4.69) is 15.9 Å². The van der Waals surface area contributed by atoms with Crippen LogP contribution in [0.2, 0.25) is 0 Å². The van der Waals surface area contributed by atoms with Gasteiger partial charge in [-0.25, -0.2) is 4.39 Å². The number of hydrogen-bond donors (Lipinski definition) is 1. The van der Waals surface area contributed by atoms with Crippen molar-refractivity contribution in [2.75, 3.05) is 14.2 Å². The molecule has 0 saturated heterocycles. The highest BCUT2D eigenvalue weighted by Gasteiger charge is 2.19. The molecule has 0 spiro atoms. The third kappa shape index (κ3) is 3.54. The molecule has 2 rings (SSSR count). The third-order valence-electron chi connectivity index (χ3n) is 3.23. The van der Waals surface area contributed by atoms with E-state index in [0.29, 0.717) is 11.5 Å². The second-order valence-electron chi connectivity index (χ2n) is 4.53. The summed E-state index contributed by atoms with van der Waals surface area (Å²) in [5.41, 5.74) is 0.988. The first-order valence-electron chi connectivity index (χ1n) is 6.39. The molecule has 0 aliphatic rings. The zero-order valence-electron chi connectivity index (χ0n) is 11.8. The summed E-state index contributed by atoms with van der Waals surface area (Å²) in [4.78, 5) is 0. The number of aliphatic hydroxyl groups is 1. The van der Waals surface area contributed by atoms with Gasteiger partial charge >= 0.3 is 0 Å². The van der Waals surface area contributed by atoms with Crippen LogP contribution in [0.5, 0.6) is 11.5 Å². The lowest BCUT2D eigenvalue weighted by atomic mass is 10.00. The van der Waals surface area contributed by atoms with Crippen molar-refractivity contribution < 1.29 is 19.0 Å². The Balaban J connectivity index is 2.32. The summed E-state index contributed by atoms with van der Waals surface area (Å²) in [5.74, 6) is 0.531. The van der Waals surface area contributed by atoms with E-state index in [0.717, 1.165) is 10.0 Å². The Kier molecular flexibility index (Phi) is 5.20. The number of halogens is 2. The molecule has 1 unspecified atom stereocenters. The van der Waals surface area contributed by atoms with Crippen LogP contribution < -0.4 is 9.47 Å². The first kappa shape index (κ1) is 15.8. The van der Waals surface area contributed by atoms with E-state index in [4.69, 9.17) is 9.47 Å². The molecule has 21 heavy (non-hydrogen) atoms. The number of methoxy groups -OCH3 is 2. The highest BCUT2D eigenvalue weighted by atomic mass is 79.9. The second kappa shape index (κ2) is 6.91. The van der Waals surface area contributed by atoms with Crippen molar-refractivity contribution in [3.63, 3.8) is 0 Å². The van der Waals surface area contributed by atoms with Crippen LogP contribution in [0.25, 0.3) is 0 Å². The molecule has 0 bridgehead atoms. The van der Waals surface area contributed by atoms with Gasteiger partial charge in [-0.1, -0.05) is 22.0 Å². The summed E-state index contributed by atoms with van der Waals surface area (Å²) >= 11 is 3.42. The Morgan fingerprint density at radius 3 is 2.62 bits per heavy atom. The maximum Gasteiger partial charge on any atom is 0.132 e. The molecule has 0 radical (unpaired) electrons. The normalized spacial score (nSPS) is 12.0. The molecule has 2 aromatic carbocycles. The summed E-state index contributed by atoms with van der Waals surface area (Å²) in [7, 11) is 3.02. The number of benzene rings is 2. The second-order valence-corrected chi connectivity index (χ2v) is 5.39. The van der Waals surface area contributed by atoms with Crippen molar-refractivity contribution >= 4 is 15.9 Å². The first-order chi connectivity index (χ1) is 10.1. The lowest BCUT2D eigenvalue weighted by Crippen LogP contribution is -2.07. The molecule has 0 fully saturated rings. The molecule has 0 aliphatic heterocycles. The Bertz CT molecular complexity index is 631. The van der Waals surface area contributed by atoms with Crippen molar-refractivity contribution in [1.29, 1.82) is 0 Å². The average molecular weight is 355 g/mol. The van der Waals surface area contributed by atoms with Crippen molar-refractivity contribution in [3.05, 3.63) is 57.8 Å². The molecule has 1 N–H and O–H groups in total. The fourth-order valence-electron chi connectivity index (χ4n) is 2.16. The van der Waals surface area contributed by atoms with Gasteiger partial charge in [-0.15, -0.1) is 0 Å². The zero-order chi connectivity index (χ0) is 15.4. The van der Waals surface area contributed by atoms with Gasteiger partial charge in [-0.2, -0.15) is 0 Å². The minimum Gasteiger partial charge on any atom is -0.497 e. The van der Waals surface area contributed by atoms with Crippen LogP contribution in [0.1, 0.15) is 17.2 Å². The van der Waals surface area contributed by atoms with Gasteiger partial charge in [0.1, 0.15) is 17.3 Å². The van der Waals surface area contributed by atoms with Crippen LogP contribution in [-0.4, -0.2) is 19.3 Å². The van der Waals surface area contributed by atoms with Crippen LogP contribution >= 0.6 is 15.9 Å². The molecule has 1 atom stereocenters. The molecule has 5 heteroatoms. The SMILES string of the molecule is COc1ccc(Br)c(CC(O)c2c(F)cccc2OC)c1. The van der Waals surface area contributed by atoms with E-state index >= 15 is 0 Å². The van der Waals surface area contributed by atoms with Gasteiger partial charge in [-0.05, 0) is 35.9 Å². The topological polar surface area (TPSA) is 38.7 Å². The summed E-state index contributed by atoms with van der Waals surface area (Å²) in [6.07, 6.45) is -0.765. The van der Waals surface area contributed by atoms with E-state index < -0.39 is 11.9 Å². The lowest BCUT2D eigenvalue weighted by Gasteiger charge is -2.17. The fraction of sp³-hybridized carbons (Fsp3) is 0.250. The molecule has 2 aromatic rings. The number of ether oxygens (including phenoxy) is 2. The molecule has 0 saturated carbocycles. The fourth-order valence-corrected chi connectivity index (χ4v) is 2.57. The number of aliphatic hydroxyl groups excluding tert-OH is 1. The Hall–Kier alpha value is -1.59. The van der Waals surface area contributed by atoms with E-state index in [-0.39, 0.29) is 12.0 Å². The molecule has 3 nitrogen and oxygen atoms in total. The van der Waals surface area contributed by atoms with Crippen LogP contribution in [0, 0.1) is 5.82 Å². The number of rotatable bonds is 5. The Morgan fingerprint density at radius 2 is 1.95 bits per heavy atom. The van der Waals surface area contributed by atoms with Crippen LogP contribution in [0.15, 0.2) is 40.9 Å². The highest BCUT2D eigenvalue weighted by molar-refractivity contribution is 9.10. The van der Waals surface area contributed by atoms with Gasteiger partial charge < -0.3 is 14.6 Å². The Morgan fingerprint density at radius 1 is 1.19 bits per heavy atom. The van der Waals surface area contributed by atoms with Crippen LogP contribution in [-0.2, 0) is 6.42 Å². The summed E-state index contributed by atoms with van der Waals surface area (Å²) < 4.78 is 25.1. The summed E-state index contributed by atoms with van der Waals surface area (Å²) in [6, 6.07) is 9.93. The van der Waals surface area contributed by atoms with Gasteiger partial charge in [0.05, 0.1) is 25.9 Å². The van der Waals surface area contributed by atoms with Gasteiger partial charge in [0.2, 0.25) is 0 Å². The molecule has 112 valence electrons. The molecule has 0 amide bonds. The maximum atomic E-state index is 14.0. The Labute approximate surface area is 131 Å². The van der Waals surface area contributed by atoms with Crippen molar-refractivity contribution in [2.45, 2.75) is 12.5 Å². The van der Waals surface area contributed by atoms with E-state index in [1.54, 1.807) is 25.3 Å². The lowest BCUT2D eigenvalue weighted by molar-refractivity contribution is 0.168. The van der Waals surface area contributed by atoms with Gasteiger partial charge in [0, 0.05) is 10.9 Å². The highest BCUT2D eigenvalue weighted by Crippen LogP contribution is 2.32. The van der Waals surface area contributed by atoms with E-state index in [1.165, 1.54) is 13.2 Å². The van der Waals surface area contributed by atoms with E-state index in [9.17, 15) is 9.50 Å². The third-order valence-corrected chi connectivity index (χ3v) is 4.01. The molecule has 0 aliphatic carbocycles. The smallest absolute Gasteiger partial charge is 0.132 e. The van der Waals surface area contributed by atoms with Crippen molar-refractivity contribution in [2.24, 2.45) is 0 Å². The van der Waals surface area contributed by atoms with Gasteiger partial charge in [-0.3, -0.25) is 0 Å². The molecular formula is C16H16BrFO3. The molecule has 0 heterocycles. The monoisotopic (exact) mass is 354 g/mol. The maximum absolute atomic E-state index is 14.0. The minimum atomic E-state index is -1.01. The van der Waals surface area contributed by atoms with E-state index in [1.807, 2.05) is 12.1 Å². The summed E-state index contributed by atoms with van der Waals surface area (Å²) in [5, 5.41) is 10.4. The summed E-state index contributed by atoms with van der Waals surface area (Å²) in [6.45, 7) is 0. The predicted octanol–water partition coefficient (Wildman–Crippen LogP) is 3.88.